The average molecular weight is 314 g/mol. The van der Waals surface area contributed by atoms with Crippen LogP contribution in [0.1, 0.15) is 30.7 Å². The van der Waals surface area contributed by atoms with Gasteiger partial charge in [-0.25, -0.2) is 5.01 Å². The monoisotopic (exact) mass is 314 g/mol. The number of hydrogen-bond donors (Lipinski definition) is 0. The summed E-state index contributed by atoms with van der Waals surface area (Å²) in [4.78, 5) is 12.0. The maximum Gasteiger partial charge on any atom is 0.240 e. The Morgan fingerprint density at radius 2 is 2.13 bits per heavy atom. The molecule has 0 N–H and O–H groups in total. The van der Waals surface area contributed by atoms with E-state index in [2.05, 4.69) is 5.10 Å². The largest absolute Gasteiger partial charge is 0.497 e. The van der Waals surface area contributed by atoms with E-state index in [9.17, 15) is 4.79 Å². The van der Waals surface area contributed by atoms with Crippen LogP contribution in [0.3, 0.4) is 0 Å². The smallest absolute Gasteiger partial charge is 0.240 e. The highest BCUT2D eigenvalue weighted by molar-refractivity contribution is 6.01. The Balaban J connectivity index is 1.98. The number of ether oxygens (including phenoxy) is 2. The van der Waals surface area contributed by atoms with Crippen LogP contribution in [0, 0.1) is 0 Å². The van der Waals surface area contributed by atoms with Crippen molar-refractivity contribution in [3.63, 3.8) is 0 Å². The molecular formula is C17H18N2O4. The summed E-state index contributed by atoms with van der Waals surface area (Å²) in [5.74, 6) is 1.90. The summed E-state index contributed by atoms with van der Waals surface area (Å²) in [5, 5.41) is 5.90. The van der Waals surface area contributed by atoms with Crippen molar-refractivity contribution >= 4 is 11.6 Å². The molecule has 1 aromatic carbocycles. The van der Waals surface area contributed by atoms with Gasteiger partial charge in [0.25, 0.3) is 0 Å². The van der Waals surface area contributed by atoms with Gasteiger partial charge in [-0.05, 0) is 24.3 Å². The zero-order valence-electron chi connectivity index (χ0n) is 13.3. The van der Waals surface area contributed by atoms with Crippen molar-refractivity contribution in [2.45, 2.75) is 19.4 Å². The maximum absolute atomic E-state index is 12.0. The van der Waals surface area contributed by atoms with E-state index in [1.54, 1.807) is 32.6 Å². The van der Waals surface area contributed by atoms with Gasteiger partial charge in [-0.2, -0.15) is 5.10 Å². The second kappa shape index (κ2) is 6.16. The lowest BCUT2D eigenvalue weighted by Gasteiger charge is -2.22. The summed E-state index contributed by atoms with van der Waals surface area (Å²) in [7, 11) is 3.20. The third-order valence-corrected chi connectivity index (χ3v) is 3.84. The van der Waals surface area contributed by atoms with E-state index in [4.69, 9.17) is 13.9 Å². The number of carbonyl (C=O) groups excluding carboxylic acids is 1. The van der Waals surface area contributed by atoms with Crippen molar-refractivity contribution < 1.29 is 18.7 Å². The van der Waals surface area contributed by atoms with Crippen LogP contribution in [0.2, 0.25) is 0 Å². The molecule has 0 radical (unpaired) electrons. The molecule has 3 rings (SSSR count). The lowest BCUT2D eigenvalue weighted by molar-refractivity contribution is -0.130. The second-order valence-corrected chi connectivity index (χ2v) is 5.22. The first-order valence-corrected chi connectivity index (χ1v) is 7.27. The molecule has 1 atom stereocenters. The summed E-state index contributed by atoms with van der Waals surface area (Å²) < 4.78 is 16.1. The molecule has 120 valence electrons. The van der Waals surface area contributed by atoms with E-state index < -0.39 is 0 Å². The lowest BCUT2D eigenvalue weighted by Crippen LogP contribution is -2.24. The average Bonchev–Trinajstić information content (AvgIpc) is 3.23. The molecule has 0 spiro atoms. The number of carbonyl (C=O) groups is 1. The van der Waals surface area contributed by atoms with Gasteiger partial charge >= 0.3 is 0 Å². The molecule has 1 aromatic heterocycles. The van der Waals surface area contributed by atoms with Crippen molar-refractivity contribution in [1.82, 2.24) is 5.01 Å². The highest BCUT2D eigenvalue weighted by Gasteiger charge is 2.34. The standard InChI is InChI=1S/C17H18N2O4/c1-11(20)19-15(10-14(18-19)16-5-4-8-23-16)13-7-6-12(21-2)9-17(13)22-3/h4-9,15H,10H2,1-3H3. The summed E-state index contributed by atoms with van der Waals surface area (Å²) >= 11 is 0. The minimum absolute atomic E-state index is 0.130. The van der Waals surface area contributed by atoms with Crippen LogP contribution in [0.25, 0.3) is 0 Å². The van der Waals surface area contributed by atoms with Crippen LogP contribution >= 0.6 is 0 Å². The van der Waals surface area contributed by atoms with Crippen LogP contribution in [0.5, 0.6) is 11.5 Å². The number of nitrogens with zero attached hydrogens (tertiary/aromatic N) is 2. The fourth-order valence-electron chi connectivity index (χ4n) is 2.73. The third-order valence-electron chi connectivity index (χ3n) is 3.84. The molecule has 0 saturated carbocycles. The first-order valence-electron chi connectivity index (χ1n) is 7.27. The zero-order chi connectivity index (χ0) is 16.4. The highest BCUT2D eigenvalue weighted by Crippen LogP contribution is 2.38. The molecule has 0 aliphatic carbocycles. The van der Waals surface area contributed by atoms with Gasteiger partial charge in [0.05, 0.1) is 26.5 Å². The first kappa shape index (κ1) is 15.1. The molecule has 6 nitrogen and oxygen atoms in total. The van der Waals surface area contributed by atoms with Gasteiger partial charge in [-0.15, -0.1) is 0 Å². The number of benzene rings is 1. The SMILES string of the molecule is COc1ccc(C2CC(c3ccco3)=NN2C(C)=O)c(OC)c1. The maximum atomic E-state index is 12.0. The molecule has 0 bridgehead atoms. The van der Waals surface area contributed by atoms with Crippen LogP contribution in [-0.4, -0.2) is 30.8 Å². The Kier molecular flexibility index (Phi) is 4.06. The molecule has 2 heterocycles. The molecule has 1 unspecified atom stereocenters. The van der Waals surface area contributed by atoms with Gasteiger partial charge in [-0.3, -0.25) is 4.79 Å². The number of rotatable bonds is 4. The topological polar surface area (TPSA) is 64.3 Å². The normalized spacial score (nSPS) is 17.1. The lowest BCUT2D eigenvalue weighted by atomic mass is 9.99. The molecular weight excluding hydrogens is 296 g/mol. The van der Waals surface area contributed by atoms with Gasteiger partial charge < -0.3 is 13.9 Å². The summed E-state index contributed by atoms with van der Waals surface area (Å²) in [6.45, 7) is 1.50. The van der Waals surface area contributed by atoms with E-state index in [0.29, 0.717) is 23.7 Å². The highest BCUT2D eigenvalue weighted by atomic mass is 16.5. The number of amides is 1. The fraction of sp³-hybridized carbons (Fsp3) is 0.294. The predicted octanol–water partition coefficient (Wildman–Crippen LogP) is 2.99. The van der Waals surface area contributed by atoms with Crippen molar-refractivity contribution in [2.24, 2.45) is 5.10 Å². The molecule has 1 amide bonds. The zero-order valence-corrected chi connectivity index (χ0v) is 13.3. The van der Waals surface area contributed by atoms with Gasteiger partial charge in [0.1, 0.15) is 23.0 Å². The number of methoxy groups -OCH3 is 2. The summed E-state index contributed by atoms with van der Waals surface area (Å²) in [5.41, 5.74) is 1.63. The Morgan fingerprint density at radius 1 is 1.30 bits per heavy atom. The Morgan fingerprint density at radius 3 is 2.74 bits per heavy atom. The van der Waals surface area contributed by atoms with Crippen LogP contribution in [0.15, 0.2) is 46.1 Å². The second-order valence-electron chi connectivity index (χ2n) is 5.22. The van der Waals surface area contributed by atoms with Gasteiger partial charge in [0.15, 0.2) is 0 Å². The minimum atomic E-state index is -0.228. The minimum Gasteiger partial charge on any atom is -0.497 e. The molecule has 2 aromatic rings. The quantitative estimate of drug-likeness (QED) is 0.870. The van der Waals surface area contributed by atoms with Crippen molar-refractivity contribution in [3.05, 3.63) is 47.9 Å². The molecule has 23 heavy (non-hydrogen) atoms. The molecule has 6 heteroatoms. The van der Waals surface area contributed by atoms with Crippen molar-refractivity contribution in [3.8, 4) is 11.5 Å². The van der Waals surface area contributed by atoms with Crippen LogP contribution in [0.4, 0.5) is 0 Å². The van der Waals surface area contributed by atoms with Gasteiger partial charge in [0, 0.05) is 25.0 Å². The van der Waals surface area contributed by atoms with E-state index in [0.717, 1.165) is 11.3 Å². The van der Waals surface area contributed by atoms with Crippen molar-refractivity contribution in [1.29, 1.82) is 0 Å². The Bertz CT molecular complexity index is 737. The number of hydrazone groups is 1. The van der Waals surface area contributed by atoms with Gasteiger partial charge in [-0.1, -0.05) is 0 Å². The van der Waals surface area contributed by atoms with Crippen molar-refractivity contribution in [2.75, 3.05) is 14.2 Å². The van der Waals surface area contributed by atoms with Crippen LogP contribution in [-0.2, 0) is 4.79 Å². The van der Waals surface area contributed by atoms with E-state index in [-0.39, 0.29) is 11.9 Å². The summed E-state index contributed by atoms with van der Waals surface area (Å²) in [6, 6.07) is 8.97. The summed E-state index contributed by atoms with van der Waals surface area (Å²) in [6.07, 6.45) is 2.16. The van der Waals surface area contributed by atoms with Gasteiger partial charge in [0.2, 0.25) is 5.91 Å². The third kappa shape index (κ3) is 2.79. The first-order chi connectivity index (χ1) is 11.1. The van der Waals surface area contributed by atoms with E-state index in [1.807, 2.05) is 18.2 Å². The number of furan rings is 1. The Labute approximate surface area is 134 Å². The molecule has 1 aliphatic rings. The molecule has 0 fully saturated rings. The molecule has 1 aliphatic heterocycles. The van der Waals surface area contributed by atoms with E-state index in [1.165, 1.54) is 11.9 Å². The molecule has 0 saturated heterocycles. The van der Waals surface area contributed by atoms with Crippen LogP contribution < -0.4 is 9.47 Å². The predicted molar refractivity (Wildman–Crippen MR) is 84.7 cm³/mol. The van der Waals surface area contributed by atoms with E-state index >= 15 is 0 Å². The fourth-order valence-corrected chi connectivity index (χ4v) is 2.73. The Hall–Kier alpha value is -2.76. The number of hydrogen-bond acceptors (Lipinski definition) is 5.